The maximum absolute atomic E-state index is 10.6. The average Bonchev–Trinajstić information content (AvgIpc) is 3.04. The van der Waals surface area contributed by atoms with Gasteiger partial charge < -0.3 is 10.1 Å². The minimum absolute atomic E-state index is 0.0556. The second-order valence-corrected chi connectivity index (χ2v) is 6.73. The van der Waals surface area contributed by atoms with E-state index < -0.39 is 5.97 Å². The van der Waals surface area contributed by atoms with Crippen LogP contribution < -0.4 is 0 Å². The number of hydrogen-bond acceptors (Lipinski definition) is 3. The Hall–Kier alpha value is -2.95. The van der Waals surface area contributed by atoms with Crippen molar-refractivity contribution in [2.75, 3.05) is 0 Å². The van der Waals surface area contributed by atoms with Crippen LogP contribution in [0.5, 0.6) is 0 Å². The van der Waals surface area contributed by atoms with Gasteiger partial charge in [-0.15, -0.1) is 0 Å². The van der Waals surface area contributed by atoms with E-state index in [-0.39, 0.29) is 5.41 Å². The summed E-state index contributed by atoms with van der Waals surface area (Å²) in [4.78, 5) is 22.6. The Morgan fingerprint density at radius 1 is 1.15 bits per heavy atom. The quantitative estimate of drug-likeness (QED) is 0.647. The maximum atomic E-state index is 10.6. The number of carboxylic acids is 1. The van der Waals surface area contributed by atoms with Gasteiger partial charge in [-0.25, -0.2) is 4.79 Å². The van der Waals surface area contributed by atoms with Crippen molar-refractivity contribution >= 4 is 22.9 Å². The third kappa shape index (κ3) is 4.57. The summed E-state index contributed by atoms with van der Waals surface area (Å²) < 4.78 is 0. The molecule has 5 heteroatoms. The number of aliphatic carboxylic acids is 1. The van der Waals surface area contributed by atoms with Gasteiger partial charge in [-0.05, 0) is 41.3 Å². The minimum Gasteiger partial charge on any atom is -0.478 e. The number of aromatic nitrogens is 3. The van der Waals surface area contributed by atoms with Gasteiger partial charge >= 0.3 is 5.97 Å². The molecule has 0 radical (unpaired) electrons. The highest BCUT2D eigenvalue weighted by Crippen LogP contribution is 2.27. The lowest BCUT2D eigenvalue weighted by Crippen LogP contribution is -2.11. The number of carboxylic acid groups (broad SMARTS) is 1. The van der Waals surface area contributed by atoms with Crippen molar-refractivity contribution in [1.82, 2.24) is 15.0 Å². The van der Waals surface area contributed by atoms with E-state index in [0.29, 0.717) is 5.69 Å². The fourth-order valence-electron chi connectivity index (χ4n) is 2.48. The van der Waals surface area contributed by atoms with Crippen LogP contribution in [0.1, 0.15) is 45.9 Å². The average molecular weight is 351 g/mol. The van der Waals surface area contributed by atoms with Gasteiger partial charge in [0.05, 0.1) is 28.8 Å². The molecule has 0 aliphatic heterocycles. The smallest absolute Gasteiger partial charge is 0.328 e. The van der Waals surface area contributed by atoms with Crippen LogP contribution in [0.4, 0.5) is 0 Å². The molecular weight excluding hydrogens is 326 g/mol. The molecule has 0 unspecified atom stereocenters. The van der Waals surface area contributed by atoms with Crippen LogP contribution >= 0.6 is 0 Å². The van der Waals surface area contributed by atoms with E-state index in [4.69, 9.17) is 5.11 Å². The molecule has 2 N–H and O–H groups in total. The van der Waals surface area contributed by atoms with E-state index >= 15 is 0 Å². The molecule has 3 heterocycles. The first-order valence-corrected chi connectivity index (χ1v) is 8.69. The third-order valence-electron chi connectivity index (χ3n) is 3.82. The molecule has 0 aliphatic rings. The Morgan fingerprint density at radius 3 is 2.54 bits per heavy atom. The standard InChI is InChI=1S/C19H19N3O2.C2H6/c1-19(2,3)13-6-7-20-15(10-13)16-9-12-8-14(4-5-18(23)24)21-11-17(12)22-16;1-2/h4-11,22H,1-3H3,(H,23,24);1-2H3/b5-4+;. The Morgan fingerprint density at radius 2 is 1.88 bits per heavy atom. The number of rotatable bonds is 3. The van der Waals surface area contributed by atoms with E-state index in [1.807, 2.05) is 38.2 Å². The number of nitrogens with zero attached hydrogens (tertiary/aromatic N) is 2. The summed E-state index contributed by atoms with van der Waals surface area (Å²) in [6.07, 6.45) is 6.08. The van der Waals surface area contributed by atoms with Gasteiger partial charge in [0, 0.05) is 17.7 Å². The molecule has 0 bridgehead atoms. The number of hydrogen-bond donors (Lipinski definition) is 2. The molecule has 26 heavy (non-hydrogen) atoms. The van der Waals surface area contributed by atoms with Crippen LogP contribution in [0.25, 0.3) is 28.4 Å². The van der Waals surface area contributed by atoms with Crippen LogP contribution in [0.2, 0.25) is 0 Å². The fraction of sp³-hybridized carbons (Fsp3) is 0.286. The summed E-state index contributed by atoms with van der Waals surface area (Å²) in [5, 5.41) is 9.67. The molecule has 3 aromatic heterocycles. The van der Waals surface area contributed by atoms with Crippen molar-refractivity contribution in [2.24, 2.45) is 0 Å². The summed E-state index contributed by atoms with van der Waals surface area (Å²) in [6, 6.07) is 7.97. The third-order valence-corrected chi connectivity index (χ3v) is 3.82. The SMILES string of the molecule is CC.CC(C)(C)c1ccnc(-c2cc3cc(/C=C/C(=O)O)ncc3[nH]2)c1. The molecule has 3 rings (SSSR count). The predicted molar refractivity (Wildman–Crippen MR) is 106 cm³/mol. The lowest BCUT2D eigenvalue weighted by molar-refractivity contribution is -0.131. The molecule has 0 atom stereocenters. The second kappa shape index (κ2) is 7.95. The van der Waals surface area contributed by atoms with Gasteiger partial charge in [-0.1, -0.05) is 34.6 Å². The molecule has 0 saturated heterocycles. The Labute approximate surface area is 153 Å². The maximum Gasteiger partial charge on any atom is 0.328 e. The Bertz CT molecular complexity index is 934. The highest BCUT2D eigenvalue weighted by molar-refractivity contribution is 5.88. The molecule has 0 aromatic carbocycles. The van der Waals surface area contributed by atoms with E-state index in [1.165, 1.54) is 11.6 Å². The topological polar surface area (TPSA) is 78.9 Å². The summed E-state index contributed by atoms with van der Waals surface area (Å²) >= 11 is 0. The zero-order valence-corrected chi connectivity index (χ0v) is 15.9. The fourth-order valence-corrected chi connectivity index (χ4v) is 2.48. The van der Waals surface area contributed by atoms with Gasteiger partial charge in [0.15, 0.2) is 0 Å². The molecule has 0 aliphatic carbocycles. The van der Waals surface area contributed by atoms with Crippen LogP contribution in [0.3, 0.4) is 0 Å². The number of aromatic amines is 1. The van der Waals surface area contributed by atoms with E-state index in [1.54, 1.807) is 6.20 Å². The predicted octanol–water partition coefficient (Wildman–Crippen LogP) is 5.05. The first-order valence-electron chi connectivity index (χ1n) is 8.69. The lowest BCUT2D eigenvalue weighted by atomic mass is 9.87. The van der Waals surface area contributed by atoms with E-state index in [0.717, 1.165) is 28.4 Å². The van der Waals surface area contributed by atoms with Gasteiger partial charge in [0.1, 0.15) is 0 Å². The first-order chi connectivity index (χ1) is 12.3. The van der Waals surface area contributed by atoms with Crippen molar-refractivity contribution in [3.05, 3.63) is 54.0 Å². The number of H-pyrrole nitrogens is 1. The molecule has 0 fully saturated rings. The summed E-state index contributed by atoms with van der Waals surface area (Å²) in [6.45, 7) is 10.5. The number of carbonyl (C=O) groups is 1. The number of pyridine rings is 2. The molecule has 136 valence electrons. The van der Waals surface area contributed by atoms with Gasteiger partial charge in [-0.3, -0.25) is 9.97 Å². The minimum atomic E-state index is -0.991. The second-order valence-electron chi connectivity index (χ2n) is 6.73. The normalized spacial score (nSPS) is 11.4. The zero-order chi connectivity index (χ0) is 19.3. The zero-order valence-electron chi connectivity index (χ0n) is 15.9. The van der Waals surface area contributed by atoms with Crippen molar-refractivity contribution < 1.29 is 9.90 Å². The molecule has 5 nitrogen and oxygen atoms in total. The highest BCUT2D eigenvalue weighted by Gasteiger charge is 2.15. The highest BCUT2D eigenvalue weighted by atomic mass is 16.4. The van der Waals surface area contributed by atoms with E-state index in [9.17, 15) is 4.79 Å². The largest absolute Gasteiger partial charge is 0.478 e. The van der Waals surface area contributed by atoms with Crippen LogP contribution in [-0.2, 0) is 10.2 Å². The van der Waals surface area contributed by atoms with Gasteiger partial charge in [-0.2, -0.15) is 0 Å². The summed E-state index contributed by atoms with van der Waals surface area (Å²) in [5.41, 5.74) is 4.56. The number of fused-ring (bicyclic) bond motifs is 1. The Kier molecular flexibility index (Phi) is 5.93. The molecule has 0 spiro atoms. The molecular formula is C21H25N3O2. The monoisotopic (exact) mass is 351 g/mol. The molecule has 0 saturated carbocycles. The summed E-state index contributed by atoms with van der Waals surface area (Å²) in [7, 11) is 0. The van der Waals surface area contributed by atoms with Gasteiger partial charge in [0.2, 0.25) is 0 Å². The van der Waals surface area contributed by atoms with E-state index in [2.05, 4.69) is 41.8 Å². The number of nitrogens with one attached hydrogen (secondary N) is 1. The van der Waals surface area contributed by atoms with Crippen molar-refractivity contribution in [1.29, 1.82) is 0 Å². The van der Waals surface area contributed by atoms with Crippen LogP contribution in [0, 0.1) is 0 Å². The van der Waals surface area contributed by atoms with Crippen LogP contribution in [0.15, 0.2) is 42.7 Å². The van der Waals surface area contributed by atoms with Crippen molar-refractivity contribution in [3.8, 4) is 11.4 Å². The van der Waals surface area contributed by atoms with Crippen LogP contribution in [-0.4, -0.2) is 26.0 Å². The lowest BCUT2D eigenvalue weighted by Gasteiger charge is -2.19. The van der Waals surface area contributed by atoms with Gasteiger partial charge in [0.25, 0.3) is 0 Å². The molecule has 0 amide bonds. The summed E-state index contributed by atoms with van der Waals surface area (Å²) in [5.74, 6) is -0.991. The van der Waals surface area contributed by atoms with Crippen molar-refractivity contribution in [3.63, 3.8) is 0 Å². The Balaban J connectivity index is 0.00000117. The first kappa shape index (κ1) is 19.4. The molecule has 3 aromatic rings. The van der Waals surface area contributed by atoms with Crippen molar-refractivity contribution in [2.45, 2.75) is 40.0 Å².